The fraction of sp³-hybridized carbons (Fsp3) is 1.00. The summed E-state index contributed by atoms with van der Waals surface area (Å²) >= 11 is 4.37. The SMILES string of the molecule is C1CN2CCSCC[NH+](CCCN3CCSCC[NH+](C1)CC3)CC2.[Li].[O-][Cl+3]([O-])([O-])[O-].[O-][Cl+3]([O-])([O-])[O-]. The molecule has 2 N–H and O–H groups in total. The van der Waals surface area contributed by atoms with Crippen LogP contribution in [0.5, 0.6) is 0 Å². The summed E-state index contributed by atoms with van der Waals surface area (Å²) < 4.78 is 67.9. The molecule has 0 spiro atoms. The van der Waals surface area contributed by atoms with E-state index >= 15 is 0 Å². The van der Waals surface area contributed by atoms with Gasteiger partial charge < -0.3 is 9.80 Å². The van der Waals surface area contributed by atoms with Crippen LogP contribution in [-0.2, 0) is 0 Å². The van der Waals surface area contributed by atoms with Gasteiger partial charge in [0.25, 0.3) is 0 Å². The summed E-state index contributed by atoms with van der Waals surface area (Å²) in [5.41, 5.74) is 0. The van der Waals surface area contributed by atoms with Gasteiger partial charge in [0, 0.05) is 94.0 Å². The molecule has 4 bridgehead atoms. The van der Waals surface area contributed by atoms with Gasteiger partial charge in [0.1, 0.15) is 0 Å². The average Bonchev–Trinajstić information content (AvgIpc) is 2.87. The maximum atomic E-state index is 8.49. The molecule has 205 valence electrons. The molecule has 3 aliphatic heterocycles. The van der Waals surface area contributed by atoms with Crippen molar-refractivity contribution in [3.63, 3.8) is 0 Å². The number of halogens is 2. The van der Waals surface area contributed by atoms with Crippen LogP contribution in [0.3, 0.4) is 0 Å². The van der Waals surface area contributed by atoms with E-state index in [4.69, 9.17) is 37.3 Å². The smallest absolute Gasteiger partial charge is 0.0900 e. The van der Waals surface area contributed by atoms with E-state index in [1.54, 1.807) is 0 Å². The first-order chi connectivity index (χ1) is 15.9. The summed E-state index contributed by atoms with van der Waals surface area (Å²) in [6.45, 7) is 16.2. The van der Waals surface area contributed by atoms with Crippen molar-refractivity contribution in [2.24, 2.45) is 0 Å². The molecule has 0 saturated carbocycles. The van der Waals surface area contributed by atoms with Gasteiger partial charge in [-0.15, -0.1) is 20.5 Å². The maximum Gasteiger partial charge on any atom is 0.0900 e. The molecule has 0 amide bonds. The molecular weight excluding hydrogens is 542 g/mol. The predicted octanol–water partition coefficient (Wildman–Crippen LogP) is -11.2. The molecule has 1 radical (unpaired) electrons. The number of nitrogens with zero attached hydrogens (tertiary/aromatic N) is 2. The summed E-state index contributed by atoms with van der Waals surface area (Å²) in [6.07, 6.45) is 2.78. The average molecular weight is 581 g/mol. The molecule has 3 saturated heterocycles. The van der Waals surface area contributed by atoms with Crippen LogP contribution >= 0.6 is 23.5 Å². The summed E-state index contributed by atoms with van der Waals surface area (Å²) in [5.74, 6) is 5.41. The van der Waals surface area contributed by atoms with Crippen LogP contribution in [0.2, 0.25) is 0 Å². The third-order valence-electron chi connectivity index (χ3n) is 5.88. The van der Waals surface area contributed by atoms with Gasteiger partial charge in [-0.05, 0) is 0 Å². The second-order valence-corrected chi connectivity index (χ2v) is 12.3. The van der Waals surface area contributed by atoms with Crippen molar-refractivity contribution in [2.75, 3.05) is 102 Å². The second-order valence-electron chi connectivity index (χ2n) is 8.37. The van der Waals surface area contributed by atoms with Gasteiger partial charge in [0.2, 0.25) is 0 Å². The van der Waals surface area contributed by atoms with E-state index in [2.05, 4.69) is 33.3 Å². The molecule has 0 aromatic rings. The minimum atomic E-state index is -4.94. The van der Waals surface area contributed by atoms with Gasteiger partial charge >= 0.3 is 0 Å². The van der Waals surface area contributed by atoms with Gasteiger partial charge in [-0.1, -0.05) is 0 Å². The number of thioether (sulfide) groups is 2. The van der Waals surface area contributed by atoms with Crippen molar-refractivity contribution in [1.82, 2.24) is 9.80 Å². The van der Waals surface area contributed by atoms with Crippen molar-refractivity contribution < 1.29 is 67.6 Å². The summed E-state index contributed by atoms with van der Waals surface area (Å²) in [4.78, 5) is 9.25. The third kappa shape index (κ3) is 25.4. The van der Waals surface area contributed by atoms with E-state index in [0.717, 1.165) is 0 Å². The van der Waals surface area contributed by atoms with Gasteiger partial charge in [0.15, 0.2) is 0 Å². The molecule has 17 heteroatoms. The van der Waals surface area contributed by atoms with Gasteiger partial charge in [-0.3, -0.25) is 9.80 Å². The first kappa shape index (κ1) is 36.4. The molecule has 0 aliphatic carbocycles. The molecular formula is C18H38Cl2LiN4O8S2. The van der Waals surface area contributed by atoms with Gasteiger partial charge in [0.05, 0.1) is 39.3 Å². The maximum absolute atomic E-state index is 8.49. The van der Waals surface area contributed by atoms with Crippen molar-refractivity contribution >= 4 is 42.4 Å². The second kappa shape index (κ2) is 20.3. The largest absolute Gasteiger partial charge is 0.333 e. The van der Waals surface area contributed by atoms with Crippen LogP contribution in [0.25, 0.3) is 0 Å². The molecule has 3 fully saturated rings. The number of quaternary nitrogens is 2. The van der Waals surface area contributed by atoms with Crippen LogP contribution in [-0.4, -0.2) is 130 Å². The van der Waals surface area contributed by atoms with Crippen LogP contribution in [0, 0.1) is 20.5 Å². The van der Waals surface area contributed by atoms with E-state index in [1.807, 2.05) is 9.80 Å². The quantitative estimate of drug-likeness (QED) is 0.257. The Bertz CT molecular complexity index is 446. The predicted molar refractivity (Wildman–Crippen MR) is 114 cm³/mol. The summed E-state index contributed by atoms with van der Waals surface area (Å²) in [5, 5.41) is 0. The van der Waals surface area contributed by atoms with E-state index in [-0.39, 0.29) is 18.9 Å². The van der Waals surface area contributed by atoms with E-state index in [9.17, 15) is 0 Å². The molecule has 12 nitrogen and oxygen atoms in total. The number of fused-ring (bicyclic) bond motifs is 6. The molecule has 3 rings (SSSR count). The zero-order valence-electron chi connectivity index (χ0n) is 20.5. The monoisotopic (exact) mass is 579 g/mol. The van der Waals surface area contributed by atoms with Crippen LogP contribution < -0.4 is 47.1 Å². The molecule has 4 atom stereocenters. The van der Waals surface area contributed by atoms with Crippen molar-refractivity contribution in [2.45, 2.75) is 12.8 Å². The Morgan fingerprint density at radius 2 is 0.800 bits per heavy atom. The fourth-order valence-electron chi connectivity index (χ4n) is 4.18. The van der Waals surface area contributed by atoms with Crippen LogP contribution in [0.4, 0.5) is 0 Å². The molecule has 3 heterocycles. The zero-order chi connectivity index (χ0) is 25.5. The minimum absolute atomic E-state index is 0. The molecule has 4 unspecified atom stereocenters. The van der Waals surface area contributed by atoms with Crippen molar-refractivity contribution in [1.29, 1.82) is 0 Å². The van der Waals surface area contributed by atoms with Gasteiger partial charge in [-0.25, -0.2) is 37.3 Å². The Labute approximate surface area is 233 Å². The van der Waals surface area contributed by atoms with E-state index in [0.29, 0.717) is 0 Å². The topological polar surface area (TPSA) is 200 Å². The van der Waals surface area contributed by atoms with E-state index < -0.39 is 20.5 Å². The summed E-state index contributed by atoms with van der Waals surface area (Å²) in [6, 6.07) is 0. The normalized spacial score (nSPS) is 29.5. The molecule has 0 aromatic carbocycles. The standard InChI is InChI=1S/C18H36N4S2.2ClHO4.Li/c1-3-19-7-9-21(13-17-23-15-11-19)5-2-6-22-10-8-20(4-1)12-16-24-18-14-22;2*2-1(3,4)5;/h1-18H2;2*(H,2,3,4,5);. The first-order valence-corrected chi connectivity index (χ1v) is 16.2. The number of nitrogens with one attached hydrogen (secondary N) is 2. The Morgan fingerprint density at radius 1 is 0.457 bits per heavy atom. The van der Waals surface area contributed by atoms with Crippen molar-refractivity contribution in [3.05, 3.63) is 0 Å². The fourth-order valence-corrected chi connectivity index (χ4v) is 6.23. The number of hydrogen-bond donors (Lipinski definition) is 2. The Balaban J connectivity index is 0.000000894. The number of rotatable bonds is 0. The minimum Gasteiger partial charge on any atom is -0.333 e. The van der Waals surface area contributed by atoms with Crippen LogP contribution in [0.15, 0.2) is 0 Å². The first-order valence-electron chi connectivity index (χ1n) is 11.4. The third-order valence-corrected chi connectivity index (χ3v) is 7.80. The zero-order valence-corrected chi connectivity index (χ0v) is 23.6. The van der Waals surface area contributed by atoms with Gasteiger partial charge in [-0.2, -0.15) is 23.5 Å². The summed E-state index contributed by atoms with van der Waals surface area (Å²) in [7, 11) is -9.89. The van der Waals surface area contributed by atoms with Crippen molar-refractivity contribution in [3.8, 4) is 0 Å². The Morgan fingerprint density at radius 3 is 1.14 bits per heavy atom. The Kier molecular flexibility index (Phi) is 21.1. The molecule has 3 aliphatic rings. The molecule has 35 heavy (non-hydrogen) atoms. The Hall–Kier alpha value is 1.40. The van der Waals surface area contributed by atoms with E-state index in [1.165, 1.54) is 114 Å². The van der Waals surface area contributed by atoms with Crippen LogP contribution in [0.1, 0.15) is 12.8 Å². The number of hydrogen-bond acceptors (Lipinski definition) is 12. The molecule has 0 aromatic heterocycles.